The summed E-state index contributed by atoms with van der Waals surface area (Å²) >= 11 is 0.608. The smallest absolute Gasteiger partial charge is 0.433 e. The number of alkyl halides is 3. The second-order valence-corrected chi connectivity index (χ2v) is 9.35. The Bertz CT molecular complexity index is 1750. The Hall–Kier alpha value is -4.78. The summed E-state index contributed by atoms with van der Waals surface area (Å²) in [5.74, 6) is -3.91. The molecule has 0 saturated heterocycles. The number of rotatable bonds is 7. The van der Waals surface area contributed by atoms with Crippen molar-refractivity contribution in [2.75, 3.05) is 5.32 Å². The zero-order chi connectivity index (χ0) is 28.6. The zero-order valence-electron chi connectivity index (χ0n) is 20.0. The van der Waals surface area contributed by atoms with Crippen LogP contribution in [0.25, 0.3) is 21.3 Å². The van der Waals surface area contributed by atoms with E-state index < -0.39 is 35.3 Å². The van der Waals surface area contributed by atoms with Crippen molar-refractivity contribution in [3.63, 3.8) is 0 Å². The van der Waals surface area contributed by atoms with Gasteiger partial charge in [-0.15, -0.1) is 11.3 Å². The Morgan fingerprint density at radius 3 is 2.45 bits per heavy atom. The maximum Gasteiger partial charge on any atom is 0.433 e. The van der Waals surface area contributed by atoms with Gasteiger partial charge in [-0.2, -0.15) is 13.2 Å². The molecule has 13 heteroatoms. The number of primary amides is 1. The summed E-state index contributed by atoms with van der Waals surface area (Å²) < 4.78 is 78.5. The zero-order valence-corrected chi connectivity index (χ0v) is 20.8. The predicted octanol–water partition coefficient (Wildman–Crippen LogP) is 6.78. The summed E-state index contributed by atoms with van der Waals surface area (Å²) in [7, 11) is 0. The average Bonchev–Trinajstić information content (AvgIpc) is 3.53. The van der Waals surface area contributed by atoms with Crippen LogP contribution < -0.4 is 15.8 Å². The molecule has 0 aliphatic heterocycles. The number of carbonyl (C=O) groups excluding carboxylic acids is 2. The van der Waals surface area contributed by atoms with E-state index in [0.29, 0.717) is 23.0 Å². The van der Waals surface area contributed by atoms with Crippen molar-refractivity contribution in [3.05, 3.63) is 100 Å². The number of halogens is 5. The lowest BCUT2D eigenvalue weighted by Crippen LogP contribution is -2.16. The molecule has 0 aliphatic rings. The Kier molecular flexibility index (Phi) is 6.98. The lowest BCUT2D eigenvalue weighted by molar-refractivity contribution is -0.140. The fourth-order valence-electron chi connectivity index (χ4n) is 3.88. The molecule has 40 heavy (non-hydrogen) atoms. The first-order chi connectivity index (χ1) is 19.0. The maximum atomic E-state index is 13.8. The van der Waals surface area contributed by atoms with E-state index in [-0.39, 0.29) is 50.2 Å². The molecule has 3 N–H and O–H groups in total. The SMILES string of the molecule is NC(=O)c1sc2nc(C(F)(F)F)cc(-c3ccccc3)c2c1NC(=O)c1ccc(COc2ccc(F)cc2F)o1. The van der Waals surface area contributed by atoms with Gasteiger partial charge in [-0.3, -0.25) is 9.59 Å². The summed E-state index contributed by atoms with van der Waals surface area (Å²) in [6.07, 6.45) is -4.78. The van der Waals surface area contributed by atoms with Gasteiger partial charge in [0.2, 0.25) is 0 Å². The van der Waals surface area contributed by atoms with E-state index in [2.05, 4.69) is 10.3 Å². The molecule has 2 aromatic carbocycles. The van der Waals surface area contributed by atoms with Gasteiger partial charge in [-0.05, 0) is 41.5 Å². The highest BCUT2D eigenvalue weighted by molar-refractivity contribution is 7.21. The number of thiophene rings is 1. The minimum atomic E-state index is -4.78. The lowest BCUT2D eigenvalue weighted by atomic mass is 10.0. The lowest BCUT2D eigenvalue weighted by Gasteiger charge is -2.12. The van der Waals surface area contributed by atoms with Gasteiger partial charge in [-0.1, -0.05) is 30.3 Å². The normalized spacial score (nSPS) is 11.5. The third-order valence-electron chi connectivity index (χ3n) is 5.65. The van der Waals surface area contributed by atoms with Crippen LogP contribution >= 0.6 is 11.3 Å². The number of nitrogens with zero attached hydrogens (tertiary/aromatic N) is 1. The van der Waals surface area contributed by atoms with Crippen LogP contribution in [-0.4, -0.2) is 16.8 Å². The third kappa shape index (κ3) is 5.36. The summed E-state index contributed by atoms with van der Waals surface area (Å²) in [4.78, 5) is 28.7. The molecule has 0 fully saturated rings. The number of ether oxygens (including phenoxy) is 1. The molecule has 0 unspecified atom stereocenters. The molecule has 3 heterocycles. The quantitative estimate of drug-likeness (QED) is 0.209. The molecule has 0 atom stereocenters. The molecule has 2 amide bonds. The highest BCUT2D eigenvalue weighted by Crippen LogP contribution is 2.43. The average molecular weight is 573 g/mol. The molecule has 0 bridgehead atoms. The van der Waals surface area contributed by atoms with Crippen LogP contribution in [0.3, 0.4) is 0 Å². The van der Waals surface area contributed by atoms with Crippen molar-refractivity contribution in [2.45, 2.75) is 12.8 Å². The fraction of sp³-hybridized carbons (Fsp3) is 0.0741. The number of hydrogen-bond acceptors (Lipinski definition) is 6. The number of hydrogen-bond donors (Lipinski definition) is 2. The van der Waals surface area contributed by atoms with Crippen LogP contribution in [0, 0.1) is 11.6 Å². The van der Waals surface area contributed by atoms with Crippen molar-refractivity contribution >= 4 is 39.1 Å². The van der Waals surface area contributed by atoms with Crippen LogP contribution in [-0.2, 0) is 12.8 Å². The third-order valence-corrected chi connectivity index (χ3v) is 6.75. The highest BCUT2D eigenvalue weighted by Gasteiger charge is 2.35. The van der Waals surface area contributed by atoms with E-state index in [1.807, 2.05) is 0 Å². The van der Waals surface area contributed by atoms with Gasteiger partial charge in [0.05, 0.1) is 5.69 Å². The van der Waals surface area contributed by atoms with Gasteiger partial charge in [0.1, 0.15) is 33.6 Å². The highest BCUT2D eigenvalue weighted by atomic mass is 32.1. The van der Waals surface area contributed by atoms with Crippen LogP contribution in [0.1, 0.15) is 31.7 Å². The summed E-state index contributed by atoms with van der Waals surface area (Å²) in [6.45, 7) is -0.300. The number of fused-ring (bicyclic) bond motifs is 1. The molecule has 0 radical (unpaired) electrons. The van der Waals surface area contributed by atoms with Crippen LogP contribution in [0.15, 0.2) is 71.1 Å². The van der Waals surface area contributed by atoms with Crippen molar-refractivity contribution in [1.82, 2.24) is 4.98 Å². The van der Waals surface area contributed by atoms with E-state index in [1.54, 1.807) is 30.3 Å². The van der Waals surface area contributed by atoms with Crippen LogP contribution in [0.2, 0.25) is 0 Å². The van der Waals surface area contributed by atoms with Gasteiger partial charge in [0, 0.05) is 11.5 Å². The molecule has 3 aromatic heterocycles. The predicted molar refractivity (Wildman–Crippen MR) is 136 cm³/mol. The number of aromatic nitrogens is 1. The molecule has 0 aliphatic carbocycles. The van der Waals surface area contributed by atoms with E-state index in [1.165, 1.54) is 12.1 Å². The summed E-state index contributed by atoms with van der Waals surface area (Å²) in [5.41, 5.74) is 4.66. The Labute approximate surface area is 226 Å². The Morgan fingerprint density at radius 1 is 1.02 bits per heavy atom. The fourth-order valence-corrected chi connectivity index (χ4v) is 4.88. The number of benzene rings is 2. The summed E-state index contributed by atoms with van der Waals surface area (Å²) in [6, 6.07) is 14.3. The number of carbonyl (C=O) groups is 2. The molecule has 5 aromatic rings. The Balaban J connectivity index is 1.50. The number of amides is 2. The van der Waals surface area contributed by atoms with Crippen LogP contribution in [0.5, 0.6) is 5.75 Å². The van der Waals surface area contributed by atoms with Crippen molar-refractivity contribution < 1.29 is 40.7 Å². The molecule has 7 nitrogen and oxygen atoms in total. The van der Waals surface area contributed by atoms with E-state index in [9.17, 15) is 31.5 Å². The standard InChI is InChI=1S/C27H16F5N3O4S/c28-14-6-8-18(17(29)10-14)38-12-15-7-9-19(39-15)25(37)35-22-21-16(13-4-2-1-3-5-13)11-20(27(30,31)32)34-26(21)40-23(22)24(33)36/h1-11H,12H2,(H2,33,36)(H,35,37). The largest absolute Gasteiger partial charge is 0.483 e. The van der Waals surface area contributed by atoms with Gasteiger partial charge in [0.25, 0.3) is 11.8 Å². The first kappa shape index (κ1) is 26.8. The monoisotopic (exact) mass is 573 g/mol. The molecular weight excluding hydrogens is 557 g/mol. The van der Waals surface area contributed by atoms with E-state index >= 15 is 0 Å². The van der Waals surface area contributed by atoms with Gasteiger partial charge in [0.15, 0.2) is 17.3 Å². The second kappa shape index (κ2) is 10.4. The molecule has 204 valence electrons. The minimum absolute atomic E-state index is 0.0758. The number of pyridine rings is 1. The second-order valence-electron chi connectivity index (χ2n) is 8.35. The number of nitrogens with two attached hydrogens (primary N) is 1. The maximum absolute atomic E-state index is 13.8. The first-order valence-corrected chi connectivity index (χ1v) is 12.2. The van der Waals surface area contributed by atoms with Crippen molar-refractivity contribution in [3.8, 4) is 16.9 Å². The molecule has 5 rings (SSSR count). The minimum Gasteiger partial charge on any atom is -0.483 e. The number of furan rings is 1. The number of nitrogens with one attached hydrogen (secondary N) is 1. The van der Waals surface area contributed by atoms with Crippen molar-refractivity contribution in [1.29, 1.82) is 0 Å². The molecular formula is C27H16F5N3O4S. The first-order valence-electron chi connectivity index (χ1n) is 11.4. The molecule has 0 saturated carbocycles. The molecule has 0 spiro atoms. The van der Waals surface area contributed by atoms with Gasteiger partial charge in [-0.25, -0.2) is 13.8 Å². The topological polar surface area (TPSA) is 107 Å². The van der Waals surface area contributed by atoms with E-state index in [0.717, 1.165) is 18.2 Å². The summed E-state index contributed by atoms with van der Waals surface area (Å²) in [5, 5.41) is 2.61. The van der Waals surface area contributed by atoms with Crippen molar-refractivity contribution in [2.24, 2.45) is 5.73 Å². The van der Waals surface area contributed by atoms with Crippen LogP contribution in [0.4, 0.5) is 27.6 Å². The van der Waals surface area contributed by atoms with Gasteiger partial charge < -0.3 is 20.2 Å². The Morgan fingerprint density at radius 2 is 1.77 bits per heavy atom. The van der Waals surface area contributed by atoms with E-state index in [4.69, 9.17) is 14.9 Å². The number of anilines is 1. The van der Waals surface area contributed by atoms with Gasteiger partial charge >= 0.3 is 6.18 Å².